The molecule has 3 aromatic rings. The van der Waals surface area contributed by atoms with Crippen LogP contribution in [-0.2, 0) is 4.79 Å². The smallest absolute Gasteiger partial charge is 0.258 e. The lowest BCUT2D eigenvalue weighted by Gasteiger charge is -2.21. The van der Waals surface area contributed by atoms with Crippen LogP contribution in [0.5, 0.6) is 5.75 Å². The Morgan fingerprint density at radius 1 is 1.17 bits per heavy atom. The van der Waals surface area contributed by atoms with Gasteiger partial charge in [-0.2, -0.15) is 0 Å². The van der Waals surface area contributed by atoms with Crippen LogP contribution >= 0.6 is 0 Å². The predicted octanol–water partition coefficient (Wildman–Crippen LogP) is 1.99. The van der Waals surface area contributed by atoms with Crippen molar-refractivity contribution in [3.8, 4) is 11.4 Å². The summed E-state index contributed by atoms with van der Waals surface area (Å²) in [7, 11) is 3.93. The fourth-order valence-electron chi connectivity index (χ4n) is 2.76. The van der Waals surface area contributed by atoms with Gasteiger partial charge in [0.25, 0.3) is 5.91 Å². The standard InChI is InChI=1S/C20H23FN6O2/c1-26(2)12-11-19(15-3-5-16(21)6-4-15)23-20(28)13-29-18-9-7-17(8-10-18)27-14-22-24-25-27/h3-10,14,19H,11-13H2,1-2H3,(H,23,28). The van der Waals surface area contributed by atoms with Gasteiger partial charge >= 0.3 is 0 Å². The third-order valence-electron chi connectivity index (χ3n) is 4.29. The first-order valence-electron chi connectivity index (χ1n) is 9.17. The molecular weight excluding hydrogens is 375 g/mol. The summed E-state index contributed by atoms with van der Waals surface area (Å²) in [5.74, 6) is 0.00567. The summed E-state index contributed by atoms with van der Waals surface area (Å²) in [5.41, 5.74) is 1.64. The highest BCUT2D eigenvalue weighted by atomic mass is 19.1. The van der Waals surface area contributed by atoms with Gasteiger partial charge < -0.3 is 15.0 Å². The fraction of sp³-hybridized carbons (Fsp3) is 0.300. The lowest BCUT2D eigenvalue weighted by molar-refractivity contribution is -0.123. The van der Waals surface area contributed by atoms with E-state index < -0.39 is 0 Å². The Balaban J connectivity index is 1.57. The summed E-state index contributed by atoms with van der Waals surface area (Å²) in [5, 5.41) is 14.0. The number of ether oxygens (including phenoxy) is 1. The van der Waals surface area contributed by atoms with Crippen molar-refractivity contribution in [2.75, 3.05) is 27.2 Å². The SMILES string of the molecule is CN(C)CCC(NC(=O)COc1ccc(-n2cnnn2)cc1)c1ccc(F)cc1. The number of benzene rings is 2. The van der Waals surface area contributed by atoms with E-state index in [9.17, 15) is 9.18 Å². The molecule has 0 saturated heterocycles. The van der Waals surface area contributed by atoms with Crippen molar-refractivity contribution >= 4 is 5.91 Å². The highest BCUT2D eigenvalue weighted by Crippen LogP contribution is 2.18. The number of aromatic nitrogens is 4. The molecule has 1 atom stereocenters. The van der Waals surface area contributed by atoms with Crippen molar-refractivity contribution in [3.05, 3.63) is 66.2 Å². The van der Waals surface area contributed by atoms with Crippen LogP contribution in [-0.4, -0.2) is 58.3 Å². The van der Waals surface area contributed by atoms with Crippen LogP contribution in [0, 0.1) is 5.82 Å². The van der Waals surface area contributed by atoms with Gasteiger partial charge in [-0.05, 0) is 79.4 Å². The van der Waals surface area contributed by atoms with Crippen LogP contribution in [0.1, 0.15) is 18.0 Å². The first-order chi connectivity index (χ1) is 14.0. The number of amides is 1. The minimum absolute atomic E-state index is 0.121. The molecule has 1 heterocycles. The summed E-state index contributed by atoms with van der Waals surface area (Å²) in [4.78, 5) is 14.4. The Kier molecular flexibility index (Phi) is 6.85. The van der Waals surface area contributed by atoms with E-state index in [0.29, 0.717) is 12.2 Å². The second-order valence-electron chi connectivity index (χ2n) is 6.80. The third kappa shape index (κ3) is 6.08. The molecule has 1 aromatic heterocycles. The lowest BCUT2D eigenvalue weighted by Crippen LogP contribution is -2.34. The molecule has 8 nitrogen and oxygen atoms in total. The van der Waals surface area contributed by atoms with Crippen LogP contribution < -0.4 is 10.1 Å². The molecule has 0 spiro atoms. The van der Waals surface area contributed by atoms with Gasteiger partial charge in [0.15, 0.2) is 6.61 Å². The van der Waals surface area contributed by atoms with Crippen LogP contribution in [0.15, 0.2) is 54.9 Å². The van der Waals surface area contributed by atoms with Crippen molar-refractivity contribution in [1.29, 1.82) is 0 Å². The number of nitrogens with one attached hydrogen (secondary N) is 1. The minimum atomic E-state index is -0.306. The molecule has 9 heteroatoms. The van der Waals surface area contributed by atoms with E-state index in [-0.39, 0.29) is 24.4 Å². The average Bonchev–Trinajstić information content (AvgIpc) is 3.25. The molecule has 152 valence electrons. The van der Waals surface area contributed by atoms with Gasteiger partial charge in [0.05, 0.1) is 11.7 Å². The number of tetrazole rings is 1. The van der Waals surface area contributed by atoms with Crippen LogP contribution in [0.3, 0.4) is 0 Å². The topological polar surface area (TPSA) is 85.2 Å². The molecule has 3 rings (SSSR count). The van der Waals surface area contributed by atoms with Crippen molar-refractivity contribution in [3.63, 3.8) is 0 Å². The molecule has 29 heavy (non-hydrogen) atoms. The van der Waals surface area contributed by atoms with Gasteiger partial charge in [0.2, 0.25) is 0 Å². The Morgan fingerprint density at radius 3 is 2.52 bits per heavy atom. The maximum Gasteiger partial charge on any atom is 0.258 e. The number of rotatable bonds is 9. The summed E-state index contributed by atoms with van der Waals surface area (Å²) >= 11 is 0. The molecule has 0 fully saturated rings. The molecule has 0 aliphatic heterocycles. The maximum absolute atomic E-state index is 13.2. The Bertz CT molecular complexity index is 898. The second kappa shape index (κ2) is 9.74. The second-order valence-corrected chi connectivity index (χ2v) is 6.80. The zero-order valence-corrected chi connectivity index (χ0v) is 16.3. The number of carbonyl (C=O) groups excluding carboxylic acids is 1. The normalized spacial score (nSPS) is 12.0. The number of carbonyl (C=O) groups is 1. The molecule has 0 aliphatic carbocycles. The molecule has 0 aliphatic rings. The van der Waals surface area contributed by atoms with E-state index in [2.05, 4.69) is 20.8 Å². The summed E-state index contributed by atoms with van der Waals surface area (Å²) < 4.78 is 20.3. The van der Waals surface area contributed by atoms with Crippen molar-refractivity contribution in [1.82, 2.24) is 30.4 Å². The molecular formula is C20H23FN6O2. The summed E-state index contributed by atoms with van der Waals surface area (Å²) in [6, 6.07) is 13.0. The first kappa shape index (κ1) is 20.4. The lowest BCUT2D eigenvalue weighted by atomic mass is 10.0. The molecule has 0 bridgehead atoms. The quantitative estimate of drug-likeness (QED) is 0.593. The number of nitrogens with zero attached hydrogens (tertiary/aromatic N) is 5. The monoisotopic (exact) mass is 398 g/mol. The van der Waals surface area contributed by atoms with Crippen LogP contribution in [0.2, 0.25) is 0 Å². The maximum atomic E-state index is 13.2. The van der Waals surface area contributed by atoms with Gasteiger partial charge in [-0.3, -0.25) is 4.79 Å². The van der Waals surface area contributed by atoms with Crippen molar-refractivity contribution in [2.24, 2.45) is 0 Å². The molecule has 1 unspecified atom stereocenters. The van der Waals surface area contributed by atoms with Gasteiger partial charge in [-0.25, -0.2) is 9.07 Å². The van der Waals surface area contributed by atoms with Crippen molar-refractivity contribution in [2.45, 2.75) is 12.5 Å². The fourth-order valence-corrected chi connectivity index (χ4v) is 2.76. The predicted molar refractivity (Wildman–Crippen MR) is 105 cm³/mol. The largest absolute Gasteiger partial charge is 0.484 e. The highest BCUT2D eigenvalue weighted by molar-refractivity contribution is 5.78. The van der Waals surface area contributed by atoms with E-state index in [1.807, 2.05) is 19.0 Å². The van der Waals surface area contributed by atoms with Gasteiger partial charge in [-0.15, -0.1) is 5.10 Å². The van der Waals surface area contributed by atoms with Gasteiger partial charge in [0, 0.05) is 0 Å². The molecule has 2 aromatic carbocycles. The highest BCUT2D eigenvalue weighted by Gasteiger charge is 2.15. The minimum Gasteiger partial charge on any atom is -0.484 e. The average molecular weight is 398 g/mol. The van der Waals surface area contributed by atoms with E-state index in [1.165, 1.54) is 23.1 Å². The molecule has 0 radical (unpaired) electrons. The van der Waals surface area contributed by atoms with Crippen LogP contribution in [0.25, 0.3) is 5.69 Å². The number of halogens is 1. The third-order valence-corrected chi connectivity index (χ3v) is 4.29. The summed E-state index contributed by atoms with van der Waals surface area (Å²) in [6.45, 7) is 0.658. The van der Waals surface area contributed by atoms with Crippen molar-refractivity contribution < 1.29 is 13.9 Å². The van der Waals surface area contributed by atoms with E-state index >= 15 is 0 Å². The zero-order chi connectivity index (χ0) is 20.6. The van der Waals surface area contributed by atoms with E-state index in [0.717, 1.165) is 17.8 Å². The summed E-state index contributed by atoms with van der Waals surface area (Å²) in [6.07, 6.45) is 2.19. The van der Waals surface area contributed by atoms with Gasteiger partial charge in [0.1, 0.15) is 17.9 Å². The molecule has 0 saturated carbocycles. The van der Waals surface area contributed by atoms with Gasteiger partial charge in [-0.1, -0.05) is 12.1 Å². The Hall–Kier alpha value is -3.33. The van der Waals surface area contributed by atoms with Crippen LogP contribution in [0.4, 0.5) is 4.39 Å². The van der Waals surface area contributed by atoms with E-state index in [4.69, 9.17) is 4.74 Å². The Morgan fingerprint density at radius 2 is 1.90 bits per heavy atom. The zero-order valence-electron chi connectivity index (χ0n) is 16.3. The molecule has 1 amide bonds. The van der Waals surface area contributed by atoms with E-state index in [1.54, 1.807) is 36.4 Å². The number of hydrogen-bond donors (Lipinski definition) is 1. The first-order valence-corrected chi connectivity index (χ1v) is 9.17. The number of hydrogen-bond acceptors (Lipinski definition) is 6. The molecule has 1 N–H and O–H groups in total. The Labute approximate surface area is 168 Å².